The van der Waals surface area contributed by atoms with Crippen LogP contribution < -0.4 is 5.32 Å². The summed E-state index contributed by atoms with van der Waals surface area (Å²) in [5.41, 5.74) is 1.19. The van der Waals surface area contributed by atoms with Crippen molar-refractivity contribution in [2.75, 3.05) is 5.32 Å². The SMILES string of the molecule is Cc1cnoc1C(=O)Nc1ccc(F)cc1I. The van der Waals surface area contributed by atoms with Crippen LogP contribution in [0.15, 0.2) is 28.9 Å². The molecule has 0 saturated heterocycles. The van der Waals surface area contributed by atoms with Crippen molar-refractivity contribution in [3.8, 4) is 0 Å². The minimum Gasteiger partial charge on any atom is -0.351 e. The molecule has 6 heteroatoms. The Morgan fingerprint density at radius 2 is 2.29 bits per heavy atom. The van der Waals surface area contributed by atoms with Crippen molar-refractivity contribution in [2.24, 2.45) is 0 Å². The number of rotatable bonds is 2. The molecule has 88 valence electrons. The number of carbonyl (C=O) groups excluding carboxylic acids is 1. The van der Waals surface area contributed by atoms with Crippen molar-refractivity contribution in [3.05, 3.63) is 45.1 Å². The van der Waals surface area contributed by atoms with Gasteiger partial charge in [0.25, 0.3) is 5.91 Å². The van der Waals surface area contributed by atoms with Gasteiger partial charge >= 0.3 is 0 Å². The Bertz CT molecular complexity index is 568. The molecule has 0 aliphatic carbocycles. The van der Waals surface area contributed by atoms with Crippen molar-refractivity contribution in [2.45, 2.75) is 6.92 Å². The fourth-order valence-corrected chi connectivity index (χ4v) is 1.89. The molecule has 1 heterocycles. The minimum absolute atomic E-state index is 0.158. The Morgan fingerprint density at radius 3 is 2.88 bits per heavy atom. The molecule has 4 nitrogen and oxygen atoms in total. The fraction of sp³-hybridized carbons (Fsp3) is 0.0909. The number of nitrogens with one attached hydrogen (secondary N) is 1. The first kappa shape index (κ1) is 12.0. The molecule has 2 rings (SSSR count). The van der Waals surface area contributed by atoms with E-state index in [-0.39, 0.29) is 11.6 Å². The third kappa shape index (κ3) is 2.63. The Labute approximate surface area is 110 Å². The number of hydrogen-bond donors (Lipinski definition) is 1. The summed E-state index contributed by atoms with van der Waals surface area (Å²) in [6.45, 7) is 1.72. The predicted octanol–water partition coefficient (Wildman–Crippen LogP) is 2.98. The fourth-order valence-electron chi connectivity index (χ4n) is 1.28. The summed E-state index contributed by atoms with van der Waals surface area (Å²) >= 11 is 1.94. The number of anilines is 1. The zero-order chi connectivity index (χ0) is 12.4. The van der Waals surface area contributed by atoms with Crippen LogP contribution in [0.4, 0.5) is 10.1 Å². The van der Waals surface area contributed by atoms with Crippen LogP contribution in [-0.4, -0.2) is 11.1 Å². The summed E-state index contributed by atoms with van der Waals surface area (Å²) in [6.07, 6.45) is 1.46. The van der Waals surface area contributed by atoms with E-state index in [0.29, 0.717) is 14.8 Å². The molecule has 0 fully saturated rings. The second-order valence-corrected chi connectivity index (χ2v) is 4.58. The highest BCUT2D eigenvalue weighted by atomic mass is 127. The Kier molecular flexibility index (Phi) is 3.41. The van der Waals surface area contributed by atoms with Gasteiger partial charge in [0.05, 0.1) is 11.9 Å². The summed E-state index contributed by atoms with van der Waals surface area (Å²) < 4.78 is 18.3. The number of nitrogens with zero attached hydrogens (tertiary/aromatic N) is 1. The zero-order valence-electron chi connectivity index (χ0n) is 8.83. The lowest BCUT2D eigenvalue weighted by Crippen LogP contribution is -2.13. The van der Waals surface area contributed by atoms with E-state index in [1.807, 2.05) is 22.6 Å². The smallest absolute Gasteiger partial charge is 0.294 e. The highest BCUT2D eigenvalue weighted by molar-refractivity contribution is 14.1. The third-order valence-corrected chi connectivity index (χ3v) is 3.03. The molecule has 0 spiro atoms. The maximum absolute atomic E-state index is 12.9. The lowest BCUT2D eigenvalue weighted by molar-refractivity contribution is 0.0987. The van der Waals surface area contributed by atoms with Crippen LogP contribution in [0.3, 0.4) is 0 Å². The summed E-state index contributed by atoms with van der Waals surface area (Å²) in [5, 5.41) is 6.16. The predicted molar refractivity (Wildman–Crippen MR) is 68.3 cm³/mol. The summed E-state index contributed by atoms with van der Waals surface area (Å²) in [5.74, 6) is -0.585. The Morgan fingerprint density at radius 1 is 1.53 bits per heavy atom. The van der Waals surface area contributed by atoms with Crippen LogP contribution in [0.25, 0.3) is 0 Å². The number of carbonyl (C=O) groups is 1. The highest BCUT2D eigenvalue weighted by Gasteiger charge is 2.15. The average molecular weight is 346 g/mol. The lowest BCUT2D eigenvalue weighted by Gasteiger charge is -2.05. The molecule has 0 radical (unpaired) electrons. The molecule has 1 amide bonds. The number of aromatic nitrogens is 1. The second-order valence-electron chi connectivity index (χ2n) is 3.42. The highest BCUT2D eigenvalue weighted by Crippen LogP contribution is 2.20. The van der Waals surface area contributed by atoms with Gasteiger partial charge in [-0.15, -0.1) is 0 Å². The largest absolute Gasteiger partial charge is 0.351 e. The lowest BCUT2D eigenvalue weighted by atomic mass is 10.2. The van der Waals surface area contributed by atoms with E-state index >= 15 is 0 Å². The van der Waals surface area contributed by atoms with Crippen LogP contribution in [-0.2, 0) is 0 Å². The van der Waals surface area contributed by atoms with Gasteiger partial charge in [-0.1, -0.05) is 5.16 Å². The van der Waals surface area contributed by atoms with Gasteiger partial charge in [-0.3, -0.25) is 4.79 Å². The van der Waals surface area contributed by atoms with Crippen molar-refractivity contribution in [1.82, 2.24) is 5.16 Å². The molecule has 2 aromatic rings. The quantitative estimate of drug-likeness (QED) is 0.851. The molecule has 0 bridgehead atoms. The standard InChI is InChI=1S/C11H8FIN2O2/c1-6-5-14-17-10(6)11(16)15-9-3-2-7(12)4-8(9)13/h2-5H,1H3,(H,15,16). The maximum atomic E-state index is 12.9. The van der Waals surface area contributed by atoms with Crippen LogP contribution in [0.1, 0.15) is 16.1 Å². The number of amides is 1. The monoisotopic (exact) mass is 346 g/mol. The first-order chi connectivity index (χ1) is 8.08. The number of hydrogen-bond acceptors (Lipinski definition) is 3. The molecular weight excluding hydrogens is 338 g/mol. The van der Waals surface area contributed by atoms with E-state index in [1.165, 1.54) is 24.4 Å². The van der Waals surface area contributed by atoms with E-state index in [9.17, 15) is 9.18 Å². The Balaban J connectivity index is 2.22. The van der Waals surface area contributed by atoms with Gasteiger partial charge in [0.1, 0.15) is 5.82 Å². The average Bonchev–Trinajstić information content (AvgIpc) is 2.68. The van der Waals surface area contributed by atoms with Crippen LogP contribution >= 0.6 is 22.6 Å². The summed E-state index contributed by atoms with van der Waals surface area (Å²) in [6, 6.07) is 4.12. The first-order valence-corrected chi connectivity index (χ1v) is 5.83. The van der Waals surface area contributed by atoms with E-state index in [4.69, 9.17) is 4.52 Å². The van der Waals surface area contributed by atoms with Crippen LogP contribution in [0.2, 0.25) is 0 Å². The molecule has 0 aliphatic rings. The van der Waals surface area contributed by atoms with Gasteiger partial charge in [-0.05, 0) is 47.7 Å². The topological polar surface area (TPSA) is 55.1 Å². The molecule has 1 aromatic carbocycles. The van der Waals surface area contributed by atoms with E-state index in [1.54, 1.807) is 6.92 Å². The molecule has 1 N–H and O–H groups in total. The molecule has 1 aromatic heterocycles. The molecule has 0 saturated carbocycles. The van der Waals surface area contributed by atoms with Gasteiger partial charge in [0.2, 0.25) is 5.76 Å². The van der Waals surface area contributed by atoms with Crippen molar-refractivity contribution >= 4 is 34.2 Å². The van der Waals surface area contributed by atoms with Gasteiger partial charge in [0.15, 0.2) is 0 Å². The van der Waals surface area contributed by atoms with Gasteiger partial charge in [0, 0.05) is 9.13 Å². The van der Waals surface area contributed by atoms with E-state index in [0.717, 1.165) is 0 Å². The van der Waals surface area contributed by atoms with Crippen LogP contribution in [0, 0.1) is 16.3 Å². The van der Waals surface area contributed by atoms with Gasteiger partial charge < -0.3 is 9.84 Å². The molecule has 0 aliphatic heterocycles. The number of halogens is 2. The summed E-state index contributed by atoms with van der Waals surface area (Å²) in [7, 11) is 0. The summed E-state index contributed by atoms with van der Waals surface area (Å²) in [4.78, 5) is 11.8. The number of benzene rings is 1. The third-order valence-electron chi connectivity index (χ3n) is 2.13. The van der Waals surface area contributed by atoms with Crippen molar-refractivity contribution < 1.29 is 13.7 Å². The van der Waals surface area contributed by atoms with Gasteiger partial charge in [-0.2, -0.15) is 0 Å². The minimum atomic E-state index is -0.399. The molecule has 0 atom stereocenters. The first-order valence-electron chi connectivity index (χ1n) is 4.75. The second kappa shape index (κ2) is 4.82. The maximum Gasteiger partial charge on any atom is 0.294 e. The van der Waals surface area contributed by atoms with Crippen molar-refractivity contribution in [1.29, 1.82) is 0 Å². The Hall–Kier alpha value is -1.44. The molecular formula is C11H8FIN2O2. The normalized spacial score (nSPS) is 10.3. The number of aryl methyl sites for hydroxylation is 1. The van der Waals surface area contributed by atoms with E-state index in [2.05, 4.69) is 10.5 Å². The van der Waals surface area contributed by atoms with Crippen molar-refractivity contribution in [3.63, 3.8) is 0 Å². The zero-order valence-corrected chi connectivity index (χ0v) is 11.0. The van der Waals surface area contributed by atoms with Crippen LogP contribution in [0.5, 0.6) is 0 Å². The molecule has 17 heavy (non-hydrogen) atoms. The van der Waals surface area contributed by atoms with Gasteiger partial charge in [-0.25, -0.2) is 4.39 Å². The molecule has 0 unspecified atom stereocenters. The van der Waals surface area contributed by atoms with E-state index < -0.39 is 5.91 Å².